The summed E-state index contributed by atoms with van der Waals surface area (Å²) in [4.78, 5) is 15.7. The van der Waals surface area contributed by atoms with Gasteiger partial charge in [-0.3, -0.25) is 9.69 Å². The molecule has 0 aliphatic carbocycles. The summed E-state index contributed by atoms with van der Waals surface area (Å²) in [6.07, 6.45) is 10.8. The summed E-state index contributed by atoms with van der Waals surface area (Å²) in [5.41, 5.74) is 3.84. The maximum Gasteiger partial charge on any atom is 0.266 e. The maximum atomic E-state index is 14.0. The monoisotopic (exact) mass is 599 g/mol. The predicted octanol–water partition coefficient (Wildman–Crippen LogP) is 8.82. The molecule has 3 aromatic carbocycles. The standard InChI is InChI=1S/C34H34FN3O2S2/c1-2-3-4-5-6-12-21-37-33(39)31(42-34(37)41)22-27-23-38(28-14-8-7-9-15-28)36-32(27)25-17-19-29(20-18-25)40-24-26-13-10-11-16-30(26)35/h7-11,13-20,22-23H,2-6,12,21,24H2,1H3. The summed E-state index contributed by atoms with van der Waals surface area (Å²) in [6, 6.07) is 24.0. The van der Waals surface area contributed by atoms with E-state index in [2.05, 4.69) is 6.92 Å². The van der Waals surface area contributed by atoms with Crippen LogP contribution in [0.5, 0.6) is 5.75 Å². The van der Waals surface area contributed by atoms with Crippen molar-refractivity contribution in [2.75, 3.05) is 6.54 Å². The Labute approximate surface area is 256 Å². The Morgan fingerprint density at radius 2 is 1.64 bits per heavy atom. The largest absolute Gasteiger partial charge is 0.489 e. The minimum Gasteiger partial charge on any atom is -0.489 e. The lowest BCUT2D eigenvalue weighted by atomic mass is 10.1. The van der Waals surface area contributed by atoms with Gasteiger partial charge in [0.25, 0.3) is 5.91 Å². The Bertz CT molecular complexity index is 1550. The summed E-state index contributed by atoms with van der Waals surface area (Å²) in [5, 5.41) is 4.89. The van der Waals surface area contributed by atoms with Crippen molar-refractivity contribution in [3.05, 3.63) is 107 Å². The van der Waals surface area contributed by atoms with E-state index in [9.17, 15) is 9.18 Å². The highest BCUT2D eigenvalue weighted by Crippen LogP contribution is 2.35. The Kier molecular flexibility index (Phi) is 10.2. The van der Waals surface area contributed by atoms with Crippen molar-refractivity contribution in [1.82, 2.24) is 14.7 Å². The molecular weight excluding hydrogens is 566 g/mol. The van der Waals surface area contributed by atoms with Crippen LogP contribution in [0.1, 0.15) is 56.6 Å². The lowest BCUT2D eigenvalue weighted by Gasteiger charge is -2.14. The van der Waals surface area contributed by atoms with Crippen molar-refractivity contribution in [3.63, 3.8) is 0 Å². The van der Waals surface area contributed by atoms with Crippen LogP contribution in [0.3, 0.4) is 0 Å². The van der Waals surface area contributed by atoms with Crippen LogP contribution in [-0.2, 0) is 11.4 Å². The number of thiocarbonyl (C=S) groups is 1. The average Bonchev–Trinajstić information content (AvgIpc) is 3.55. The first-order valence-corrected chi connectivity index (χ1v) is 15.6. The Hall–Kier alpha value is -3.75. The van der Waals surface area contributed by atoms with Crippen molar-refractivity contribution in [3.8, 4) is 22.7 Å². The van der Waals surface area contributed by atoms with E-state index in [1.807, 2.05) is 71.6 Å². The van der Waals surface area contributed by atoms with Gasteiger partial charge in [0.05, 0.1) is 16.3 Å². The number of thioether (sulfide) groups is 1. The number of ether oxygens (including phenoxy) is 1. The van der Waals surface area contributed by atoms with Gasteiger partial charge in [0, 0.05) is 29.4 Å². The van der Waals surface area contributed by atoms with Gasteiger partial charge in [0.1, 0.15) is 22.5 Å². The van der Waals surface area contributed by atoms with Crippen LogP contribution in [-0.4, -0.2) is 31.5 Å². The van der Waals surface area contributed by atoms with E-state index in [-0.39, 0.29) is 18.3 Å². The molecule has 1 saturated heterocycles. The first-order valence-electron chi connectivity index (χ1n) is 14.4. The molecule has 2 heterocycles. The molecule has 8 heteroatoms. The molecule has 5 nitrogen and oxygen atoms in total. The van der Waals surface area contributed by atoms with Gasteiger partial charge in [-0.2, -0.15) is 5.10 Å². The third-order valence-electron chi connectivity index (χ3n) is 7.14. The van der Waals surface area contributed by atoms with Gasteiger partial charge in [-0.05, 0) is 55.0 Å². The number of nitrogens with zero attached hydrogens (tertiary/aromatic N) is 3. The van der Waals surface area contributed by atoms with E-state index in [0.29, 0.717) is 27.1 Å². The van der Waals surface area contributed by atoms with Crippen LogP contribution in [0, 0.1) is 5.82 Å². The fraction of sp³-hybridized carbons (Fsp3) is 0.265. The Morgan fingerprint density at radius 1 is 0.929 bits per heavy atom. The van der Waals surface area contributed by atoms with Crippen LogP contribution in [0.25, 0.3) is 23.0 Å². The van der Waals surface area contributed by atoms with Crippen molar-refractivity contribution in [2.24, 2.45) is 0 Å². The number of rotatable bonds is 13. The zero-order valence-electron chi connectivity index (χ0n) is 23.7. The summed E-state index contributed by atoms with van der Waals surface area (Å²) in [6.45, 7) is 3.00. The van der Waals surface area contributed by atoms with Crippen molar-refractivity contribution < 1.29 is 13.9 Å². The van der Waals surface area contributed by atoms with E-state index in [0.717, 1.165) is 35.3 Å². The molecule has 1 aromatic heterocycles. The van der Waals surface area contributed by atoms with Gasteiger partial charge in [0.15, 0.2) is 0 Å². The molecule has 0 radical (unpaired) electrons. The molecule has 1 aliphatic heterocycles. The first-order chi connectivity index (χ1) is 20.5. The Balaban J connectivity index is 1.35. The van der Waals surface area contributed by atoms with Crippen LogP contribution < -0.4 is 4.74 Å². The minimum absolute atomic E-state index is 0.0474. The SMILES string of the molecule is CCCCCCCCN1C(=O)C(=Cc2cn(-c3ccccc3)nc2-c2ccc(OCc3ccccc3F)cc2)SC1=S. The third-order valence-corrected chi connectivity index (χ3v) is 8.52. The number of carbonyl (C=O) groups excluding carboxylic acids is 1. The molecule has 1 amide bonds. The number of hydrogen-bond donors (Lipinski definition) is 0. The normalized spacial score (nSPS) is 14.2. The molecular formula is C34H34FN3O2S2. The quantitative estimate of drug-likeness (QED) is 0.0873. The number of para-hydroxylation sites is 1. The second-order valence-electron chi connectivity index (χ2n) is 10.2. The molecule has 1 aliphatic rings. The lowest BCUT2D eigenvalue weighted by Crippen LogP contribution is -2.29. The molecule has 0 saturated carbocycles. The molecule has 1 fully saturated rings. The van der Waals surface area contributed by atoms with Gasteiger partial charge in [-0.25, -0.2) is 9.07 Å². The zero-order chi connectivity index (χ0) is 29.3. The van der Waals surface area contributed by atoms with E-state index < -0.39 is 0 Å². The molecule has 42 heavy (non-hydrogen) atoms. The van der Waals surface area contributed by atoms with Gasteiger partial charge in [0.2, 0.25) is 0 Å². The van der Waals surface area contributed by atoms with Gasteiger partial charge in [-0.1, -0.05) is 99.4 Å². The summed E-state index contributed by atoms with van der Waals surface area (Å²) in [5.74, 6) is 0.290. The highest BCUT2D eigenvalue weighted by atomic mass is 32.2. The van der Waals surface area contributed by atoms with Gasteiger partial charge < -0.3 is 4.74 Å². The molecule has 0 bridgehead atoms. The number of amides is 1. The highest BCUT2D eigenvalue weighted by Gasteiger charge is 2.32. The molecule has 0 unspecified atom stereocenters. The second-order valence-corrected chi connectivity index (χ2v) is 11.9. The first kappa shape index (κ1) is 29.7. The van der Waals surface area contributed by atoms with Crippen molar-refractivity contribution in [2.45, 2.75) is 52.1 Å². The highest BCUT2D eigenvalue weighted by molar-refractivity contribution is 8.26. The topological polar surface area (TPSA) is 47.4 Å². The van der Waals surface area contributed by atoms with E-state index in [4.69, 9.17) is 22.1 Å². The molecule has 5 rings (SSSR count). The predicted molar refractivity (Wildman–Crippen MR) is 173 cm³/mol. The van der Waals surface area contributed by atoms with Crippen LogP contribution in [0.4, 0.5) is 4.39 Å². The number of aromatic nitrogens is 2. The fourth-order valence-corrected chi connectivity index (χ4v) is 6.10. The van der Waals surface area contributed by atoms with E-state index in [1.54, 1.807) is 23.1 Å². The third kappa shape index (κ3) is 7.36. The molecule has 0 spiro atoms. The summed E-state index contributed by atoms with van der Waals surface area (Å²) >= 11 is 6.94. The Morgan fingerprint density at radius 3 is 2.40 bits per heavy atom. The summed E-state index contributed by atoms with van der Waals surface area (Å²) in [7, 11) is 0. The lowest BCUT2D eigenvalue weighted by molar-refractivity contribution is -0.122. The fourth-order valence-electron chi connectivity index (χ4n) is 4.80. The molecule has 216 valence electrons. The second kappa shape index (κ2) is 14.4. The molecule has 4 aromatic rings. The molecule has 0 N–H and O–H groups in total. The number of benzene rings is 3. The molecule has 0 atom stereocenters. The number of unbranched alkanes of at least 4 members (excludes halogenated alkanes) is 5. The van der Waals surface area contributed by atoms with Gasteiger partial charge >= 0.3 is 0 Å². The zero-order valence-corrected chi connectivity index (χ0v) is 25.3. The average molecular weight is 600 g/mol. The number of halogens is 1. The smallest absolute Gasteiger partial charge is 0.266 e. The van der Waals surface area contributed by atoms with Crippen LogP contribution in [0.2, 0.25) is 0 Å². The maximum absolute atomic E-state index is 14.0. The van der Waals surface area contributed by atoms with Crippen LogP contribution >= 0.6 is 24.0 Å². The van der Waals surface area contributed by atoms with Crippen molar-refractivity contribution in [1.29, 1.82) is 0 Å². The number of carbonyl (C=O) groups is 1. The van der Waals surface area contributed by atoms with Crippen LogP contribution in [0.15, 0.2) is 90.0 Å². The minimum atomic E-state index is -0.289. The van der Waals surface area contributed by atoms with Gasteiger partial charge in [-0.15, -0.1) is 0 Å². The number of hydrogen-bond acceptors (Lipinski definition) is 5. The van der Waals surface area contributed by atoms with Crippen molar-refractivity contribution >= 4 is 40.3 Å². The van der Waals surface area contributed by atoms with E-state index in [1.165, 1.54) is 43.5 Å². The summed E-state index contributed by atoms with van der Waals surface area (Å²) < 4.78 is 22.2. The van der Waals surface area contributed by atoms with E-state index >= 15 is 0 Å².